The summed E-state index contributed by atoms with van der Waals surface area (Å²) in [6.45, 7) is 6.44. The van der Waals surface area contributed by atoms with Crippen LogP contribution in [0.25, 0.3) is 0 Å². The fourth-order valence-corrected chi connectivity index (χ4v) is 1.99. The molecule has 1 aromatic heterocycles. The molecular weight excluding hydrogens is 218 g/mol. The molecule has 0 aliphatic carbocycles. The van der Waals surface area contributed by atoms with E-state index in [-0.39, 0.29) is 11.7 Å². The Kier molecular flexibility index (Phi) is 3.58. The van der Waals surface area contributed by atoms with E-state index in [1.165, 1.54) is 18.5 Å². The Balaban J connectivity index is 2.02. The first-order valence-corrected chi connectivity index (χ1v) is 5.86. The molecule has 1 aromatic rings. The molecule has 5 nitrogen and oxygen atoms in total. The van der Waals surface area contributed by atoms with Gasteiger partial charge >= 0.3 is 0 Å². The van der Waals surface area contributed by atoms with Gasteiger partial charge in [-0.05, 0) is 12.6 Å². The zero-order valence-electron chi connectivity index (χ0n) is 9.96. The zero-order valence-corrected chi connectivity index (χ0v) is 9.96. The molecule has 1 aliphatic heterocycles. The Morgan fingerprint density at radius 3 is 2.65 bits per heavy atom. The van der Waals surface area contributed by atoms with Gasteiger partial charge in [0.15, 0.2) is 0 Å². The number of piperazine rings is 1. The summed E-state index contributed by atoms with van der Waals surface area (Å²) in [5, 5.41) is 9.30. The number of likely N-dealkylation sites (N-methyl/N-ethyl adjacent to an activating group) is 1. The van der Waals surface area contributed by atoms with Crippen molar-refractivity contribution in [2.24, 2.45) is 0 Å². The van der Waals surface area contributed by atoms with Crippen molar-refractivity contribution in [1.82, 2.24) is 14.8 Å². The average Bonchev–Trinajstić information content (AvgIpc) is 2.38. The summed E-state index contributed by atoms with van der Waals surface area (Å²) in [6.07, 6.45) is 2.82. The maximum Gasteiger partial charge on any atom is 0.255 e. The first kappa shape index (κ1) is 11.9. The standard InChI is InChI=1S/C12H17N3O2/c1-2-14-3-5-15(6-4-14)12(17)10-7-11(16)9-13-8-10/h7-9,16H,2-6H2,1H3. The highest BCUT2D eigenvalue weighted by molar-refractivity contribution is 5.94. The van der Waals surface area contributed by atoms with Crippen molar-refractivity contribution in [3.63, 3.8) is 0 Å². The quantitative estimate of drug-likeness (QED) is 0.814. The van der Waals surface area contributed by atoms with Gasteiger partial charge in [-0.25, -0.2) is 0 Å². The summed E-state index contributed by atoms with van der Waals surface area (Å²) in [7, 11) is 0. The second-order valence-electron chi connectivity index (χ2n) is 4.16. The monoisotopic (exact) mass is 235 g/mol. The Morgan fingerprint density at radius 2 is 2.06 bits per heavy atom. The van der Waals surface area contributed by atoms with Crippen LogP contribution in [0, 0.1) is 0 Å². The molecule has 1 aliphatic rings. The molecule has 0 aromatic carbocycles. The highest BCUT2D eigenvalue weighted by atomic mass is 16.3. The summed E-state index contributed by atoms with van der Waals surface area (Å²) in [5.41, 5.74) is 0.454. The van der Waals surface area contributed by atoms with Gasteiger partial charge in [0.05, 0.1) is 11.8 Å². The number of hydrogen-bond donors (Lipinski definition) is 1. The summed E-state index contributed by atoms with van der Waals surface area (Å²) < 4.78 is 0. The van der Waals surface area contributed by atoms with Gasteiger partial charge in [0.25, 0.3) is 5.91 Å². The van der Waals surface area contributed by atoms with Gasteiger partial charge in [-0.2, -0.15) is 0 Å². The third kappa shape index (κ3) is 2.74. The third-order valence-corrected chi connectivity index (χ3v) is 3.08. The molecule has 1 saturated heterocycles. The highest BCUT2D eigenvalue weighted by Crippen LogP contribution is 2.12. The van der Waals surface area contributed by atoms with E-state index < -0.39 is 0 Å². The predicted molar refractivity (Wildman–Crippen MR) is 63.9 cm³/mol. The number of rotatable bonds is 2. The molecule has 1 amide bonds. The first-order chi connectivity index (χ1) is 8.20. The first-order valence-electron chi connectivity index (χ1n) is 5.86. The van der Waals surface area contributed by atoms with Gasteiger partial charge in [0.1, 0.15) is 5.75 Å². The van der Waals surface area contributed by atoms with Crippen LogP contribution in [0.1, 0.15) is 17.3 Å². The largest absolute Gasteiger partial charge is 0.506 e. The SMILES string of the molecule is CCN1CCN(C(=O)c2cncc(O)c2)CC1. The molecule has 1 fully saturated rings. The minimum Gasteiger partial charge on any atom is -0.506 e. The Hall–Kier alpha value is -1.62. The summed E-state index contributed by atoms with van der Waals surface area (Å²) >= 11 is 0. The van der Waals surface area contributed by atoms with Crippen LogP contribution in [0.5, 0.6) is 5.75 Å². The lowest BCUT2D eigenvalue weighted by Gasteiger charge is -2.34. The molecule has 0 unspecified atom stereocenters. The molecule has 0 spiro atoms. The maximum absolute atomic E-state index is 12.1. The van der Waals surface area contributed by atoms with Crippen LogP contribution in [-0.4, -0.2) is 58.5 Å². The van der Waals surface area contributed by atoms with Crippen molar-refractivity contribution in [1.29, 1.82) is 0 Å². The third-order valence-electron chi connectivity index (χ3n) is 3.08. The lowest BCUT2D eigenvalue weighted by atomic mass is 10.2. The lowest BCUT2D eigenvalue weighted by molar-refractivity contribution is 0.0642. The van der Waals surface area contributed by atoms with Gasteiger partial charge < -0.3 is 14.9 Å². The van der Waals surface area contributed by atoms with Crippen molar-refractivity contribution >= 4 is 5.91 Å². The number of aromatic nitrogens is 1. The molecule has 1 N–H and O–H groups in total. The molecule has 0 atom stereocenters. The van der Waals surface area contributed by atoms with Crippen molar-refractivity contribution in [3.8, 4) is 5.75 Å². The number of pyridine rings is 1. The second kappa shape index (κ2) is 5.14. The van der Waals surface area contributed by atoms with Gasteiger partial charge in [0.2, 0.25) is 0 Å². The minimum atomic E-state index is -0.0517. The van der Waals surface area contributed by atoms with Gasteiger partial charge in [-0.3, -0.25) is 9.78 Å². The molecule has 17 heavy (non-hydrogen) atoms. The van der Waals surface area contributed by atoms with E-state index in [0.29, 0.717) is 5.56 Å². The van der Waals surface area contributed by atoms with Crippen LogP contribution in [-0.2, 0) is 0 Å². The molecule has 92 valence electrons. The molecule has 0 saturated carbocycles. The number of amides is 1. The highest BCUT2D eigenvalue weighted by Gasteiger charge is 2.21. The minimum absolute atomic E-state index is 0.0306. The van der Waals surface area contributed by atoms with Crippen LogP contribution in [0.15, 0.2) is 18.5 Å². The smallest absolute Gasteiger partial charge is 0.255 e. The van der Waals surface area contributed by atoms with Gasteiger partial charge in [-0.15, -0.1) is 0 Å². The normalized spacial score (nSPS) is 17.1. The van der Waals surface area contributed by atoms with E-state index in [4.69, 9.17) is 0 Å². The molecular formula is C12H17N3O2. The number of nitrogens with zero attached hydrogens (tertiary/aromatic N) is 3. The Labute approximate surface area is 101 Å². The summed E-state index contributed by atoms with van der Waals surface area (Å²) in [5.74, 6) is -0.0211. The number of hydrogen-bond acceptors (Lipinski definition) is 4. The summed E-state index contributed by atoms with van der Waals surface area (Å²) in [6, 6.07) is 1.46. The Morgan fingerprint density at radius 1 is 1.35 bits per heavy atom. The molecule has 2 rings (SSSR count). The molecule has 0 radical (unpaired) electrons. The van der Waals surface area contributed by atoms with Crippen molar-refractivity contribution in [2.75, 3.05) is 32.7 Å². The molecule has 0 bridgehead atoms. The van der Waals surface area contributed by atoms with Crippen LogP contribution in [0.2, 0.25) is 0 Å². The average molecular weight is 235 g/mol. The number of carbonyl (C=O) groups is 1. The van der Waals surface area contributed by atoms with Crippen LogP contribution in [0.4, 0.5) is 0 Å². The van der Waals surface area contributed by atoms with Crippen LogP contribution >= 0.6 is 0 Å². The van der Waals surface area contributed by atoms with Crippen molar-refractivity contribution in [2.45, 2.75) is 6.92 Å². The van der Waals surface area contributed by atoms with E-state index in [1.807, 2.05) is 4.90 Å². The van der Waals surface area contributed by atoms with Gasteiger partial charge in [-0.1, -0.05) is 6.92 Å². The van der Waals surface area contributed by atoms with Gasteiger partial charge in [0, 0.05) is 32.4 Å². The van der Waals surface area contributed by atoms with E-state index in [9.17, 15) is 9.90 Å². The maximum atomic E-state index is 12.1. The summed E-state index contributed by atoms with van der Waals surface area (Å²) in [4.78, 5) is 20.0. The van der Waals surface area contributed by atoms with E-state index in [0.717, 1.165) is 32.7 Å². The molecule has 5 heteroatoms. The van der Waals surface area contributed by atoms with Crippen molar-refractivity contribution in [3.05, 3.63) is 24.0 Å². The fourth-order valence-electron chi connectivity index (χ4n) is 1.99. The topological polar surface area (TPSA) is 56.7 Å². The Bertz CT molecular complexity index is 400. The van der Waals surface area contributed by atoms with Crippen molar-refractivity contribution < 1.29 is 9.90 Å². The van der Waals surface area contributed by atoms with E-state index >= 15 is 0 Å². The van der Waals surface area contributed by atoms with E-state index in [1.54, 1.807) is 0 Å². The number of carbonyl (C=O) groups excluding carboxylic acids is 1. The second-order valence-corrected chi connectivity index (χ2v) is 4.16. The lowest BCUT2D eigenvalue weighted by Crippen LogP contribution is -2.48. The number of aromatic hydroxyl groups is 1. The predicted octanol–water partition coefficient (Wildman–Crippen LogP) is 0.565. The van der Waals surface area contributed by atoms with Crippen LogP contribution < -0.4 is 0 Å². The fraction of sp³-hybridized carbons (Fsp3) is 0.500. The zero-order chi connectivity index (χ0) is 12.3. The van der Waals surface area contributed by atoms with E-state index in [2.05, 4.69) is 16.8 Å². The van der Waals surface area contributed by atoms with Crippen LogP contribution in [0.3, 0.4) is 0 Å². The molecule has 2 heterocycles.